The molecule has 0 spiro atoms. The number of phenols is 1. The minimum Gasteiger partial charge on any atom is -0.508 e. The van der Waals surface area contributed by atoms with Crippen molar-refractivity contribution in [3.63, 3.8) is 0 Å². The number of benzene rings is 2. The molecule has 2 aromatic rings. The van der Waals surface area contributed by atoms with Crippen molar-refractivity contribution in [2.75, 3.05) is 19.9 Å². The monoisotopic (exact) mass is 602 g/mol. The summed E-state index contributed by atoms with van der Waals surface area (Å²) in [4.78, 5) is 24.3. The third-order valence-electron chi connectivity index (χ3n) is 7.44. The van der Waals surface area contributed by atoms with Crippen molar-refractivity contribution in [2.24, 2.45) is 10.8 Å². The summed E-state index contributed by atoms with van der Waals surface area (Å²) in [6.45, 7) is 18.4. The normalized spacial score (nSPS) is 14.5. The Labute approximate surface area is 252 Å². The maximum Gasteiger partial charge on any atom is 0.313 e. The number of phenolic OH excluding ortho intramolecular Hbond substituents is 1. The maximum atomic E-state index is 12.1. The van der Waals surface area contributed by atoms with E-state index in [0.717, 1.165) is 36.0 Å². The van der Waals surface area contributed by atoms with Crippen LogP contribution in [0.4, 0.5) is 0 Å². The zero-order valence-electron chi connectivity index (χ0n) is 26.8. The van der Waals surface area contributed by atoms with Crippen LogP contribution in [0, 0.1) is 24.7 Å². The lowest BCUT2D eigenvalue weighted by Crippen LogP contribution is -2.24. The van der Waals surface area contributed by atoms with Gasteiger partial charge in [-0.15, -0.1) is 0 Å². The molecule has 0 fully saturated rings. The fourth-order valence-electron chi connectivity index (χ4n) is 4.90. The predicted octanol–water partition coefficient (Wildman–Crippen LogP) is 7.60. The van der Waals surface area contributed by atoms with E-state index in [2.05, 4.69) is 27.7 Å². The number of esters is 2. The zero-order valence-corrected chi connectivity index (χ0v) is 27.7. The molecule has 0 saturated carbocycles. The number of hydrogen-bond donors (Lipinski definition) is 1. The van der Waals surface area contributed by atoms with Gasteiger partial charge in [-0.2, -0.15) is 0 Å². The van der Waals surface area contributed by atoms with Crippen LogP contribution in [0.2, 0.25) is 0 Å². The van der Waals surface area contributed by atoms with Gasteiger partial charge in [0.15, 0.2) is 19.9 Å². The van der Waals surface area contributed by atoms with Crippen molar-refractivity contribution in [2.45, 2.75) is 93.9 Å². The third-order valence-corrected chi connectivity index (χ3v) is 8.56. The molecule has 8 nitrogen and oxygen atoms in total. The van der Waals surface area contributed by atoms with Crippen LogP contribution in [0.1, 0.15) is 95.2 Å². The first-order chi connectivity index (χ1) is 19.4. The van der Waals surface area contributed by atoms with Gasteiger partial charge in [0.25, 0.3) is 0 Å². The summed E-state index contributed by atoms with van der Waals surface area (Å²) >= 11 is 0. The van der Waals surface area contributed by atoms with Crippen molar-refractivity contribution >= 4 is 20.3 Å². The Morgan fingerprint density at radius 1 is 0.905 bits per heavy atom. The van der Waals surface area contributed by atoms with Gasteiger partial charge in [-0.3, -0.25) is 18.6 Å². The van der Waals surface area contributed by atoms with Crippen molar-refractivity contribution in [3.05, 3.63) is 57.6 Å². The van der Waals surface area contributed by atoms with Crippen LogP contribution < -0.4 is 4.74 Å². The topological polar surface area (TPSA) is 101 Å². The standard InChI is InChI=1S/C33H47O8P/c1-21-15-24(16-22(2)26(21)17-23-11-12-27(34)28-25(23)13-14-33(28,9)10)39-20-42(40-18-37-29(35)31(3,4)5)41-19-38-30(36)32(6,7)8/h11-12,15-16,34H,13-14,17-20H2,1-10H3. The second-order valence-electron chi connectivity index (χ2n) is 13.7. The number of ether oxygens (including phenoxy) is 3. The lowest BCUT2D eigenvalue weighted by atomic mass is 9.84. The third kappa shape index (κ3) is 8.68. The van der Waals surface area contributed by atoms with E-state index in [0.29, 0.717) is 11.5 Å². The Balaban J connectivity index is 1.69. The van der Waals surface area contributed by atoms with E-state index >= 15 is 0 Å². The fourth-order valence-corrected chi connectivity index (χ4v) is 5.72. The smallest absolute Gasteiger partial charge is 0.313 e. The second-order valence-corrected chi connectivity index (χ2v) is 15.1. The first-order valence-corrected chi connectivity index (χ1v) is 15.7. The minimum absolute atomic E-state index is 0.0319. The molecule has 2 aromatic carbocycles. The van der Waals surface area contributed by atoms with E-state index in [1.807, 2.05) is 24.3 Å². The molecule has 0 aromatic heterocycles. The Hall–Kier alpha value is -2.67. The number of fused-ring (bicyclic) bond motifs is 1. The van der Waals surface area contributed by atoms with Gasteiger partial charge in [0.2, 0.25) is 8.38 Å². The highest BCUT2D eigenvalue weighted by atomic mass is 31.2. The minimum atomic E-state index is -1.70. The van der Waals surface area contributed by atoms with Crippen molar-refractivity contribution in [3.8, 4) is 11.5 Å². The number of rotatable bonds is 11. The highest BCUT2D eigenvalue weighted by Crippen LogP contribution is 2.45. The van der Waals surface area contributed by atoms with Gasteiger partial charge >= 0.3 is 11.9 Å². The van der Waals surface area contributed by atoms with E-state index in [1.54, 1.807) is 41.5 Å². The van der Waals surface area contributed by atoms with Gasteiger partial charge in [-0.1, -0.05) is 19.9 Å². The molecule has 42 heavy (non-hydrogen) atoms. The zero-order chi connectivity index (χ0) is 31.5. The van der Waals surface area contributed by atoms with Gasteiger partial charge in [0, 0.05) is 5.56 Å². The summed E-state index contributed by atoms with van der Waals surface area (Å²) < 4.78 is 27.9. The van der Waals surface area contributed by atoms with Crippen LogP contribution in [0.15, 0.2) is 24.3 Å². The second kappa shape index (κ2) is 13.3. The van der Waals surface area contributed by atoms with Crippen LogP contribution in [-0.2, 0) is 46.4 Å². The summed E-state index contributed by atoms with van der Waals surface area (Å²) in [6, 6.07) is 7.84. The molecule has 0 aliphatic heterocycles. The highest BCUT2D eigenvalue weighted by molar-refractivity contribution is 7.47. The number of carbonyl (C=O) groups is 2. The summed E-state index contributed by atoms with van der Waals surface area (Å²) in [5, 5.41) is 10.6. The molecule has 3 rings (SSSR count). The lowest BCUT2D eigenvalue weighted by molar-refractivity contribution is -0.161. The summed E-state index contributed by atoms with van der Waals surface area (Å²) in [7, 11) is -1.70. The van der Waals surface area contributed by atoms with Crippen LogP contribution >= 0.6 is 8.38 Å². The van der Waals surface area contributed by atoms with Gasteiger partial charge in [0.1, 0.15) is 11.5 Å². The number of carbonyl (C=O) groups excluding carboxylic acids is 2. The average molecular weight is 603 g/mol. The van der Waals surface area contributed by atoms with Gasteiger partial charge < -0.3 is 19.3 Å². The molecule has 0 unspecified atom stereocenters. The van der Waals surface area contributed by atoms with Crippen LogP contribution in [0.5, 0.6) is 11.5 Å². The molecule has 0 bridgehead atoms. The number of aromatic hydroxyl groups is 1. The summed E-state index contributed by atoms with van der Waals surface area (Å²) in [6.07, 6.45) is 2.81. The van der Waals surface area contributed by atoms with E-state index in [9.17, 15) is 14.7 Å². The van der Waals surface area contributed by atoms with Gasteiger partial charge in [0.05, 0.1) is 10.8 Å². The Morgan fingerprint density at radius 2 is 1.43 bits per heavy atom. The van der Waals surface area contributed by atoms with Crippen LogP contribution in [0.3, 0.4) is 0 Å². The first kappa shape index (κ1) is 33.8. The summed E-state index contributed by atoms with van der Waals surface area (Å²) in [5.41, 5.74) is 5.62. The van der Waals surface area contributed by atoms with Crippen molar-refractivity contribution < 1.29 is 38.0 Å². The molecule has 0 atom stereocenters. The quantitative estimate of drug-likeness (QED) is 0.159. The van der Waals surface area contributed by atoms with Crippen LogP contribution in [0.25, 0.3) is 0 Å². The Kier molecular flexibility index (Phi) is 10.7. The molecule has 0 heterocycles. The van der Waals surface area contributed by atoms with Gasteiger partial charge in [-0.25, -0.2) is 0 Å². The first-order valence-electron chi connectivity index (χ1n) is 14.3. The number of hydrogen-bond acceptors (Lipinski definition) is 8. The molecular formula is C33H47O8P. The molecule has 0 saturated heterocycles. The molecule has 9 heteroatoms. The van der Waals surface area contributed by atoms with E-state index < -0.39 is 31.1 Å². The SMILES string of the molecule is Cc1cc(OCP(OCOC(=O)C(C)(C)C)OCOC(=O)C(C)(C)C)cc(C)c1Cc1ccc(O)c2c1CCC2(C)C. The Morgan fingerprint density at radius 3 is 1.93 bits per heavy atom. The maximum absolute atomic E-state index is 12.1. The van der Waals surface area contributed by atoms with E-state index in [4.69, 9.17) is 23.3 Å². The predicted molar refractivity (Wildman–Crippen MR) is 164 cm³/mol. The highest BCUT2D eigenvalue weighted by Gasteiger charge is 2.34. The largest absolute Gasteiger partial charge is 0.508 e. The Bertz CT molecular complexity index is 1230. The molecule has 0 amide bonds. The summed E-state index contributed by atoms with van der Waals surface area (Å²) in [5.74, 6) is 0.240. The number of aryl methyl sites for hydroxylation is 2. The molecule has 232 valence electrons. The molecule has 1 aliphatic rings. The molecule has 1 aliphatic carbocycles. The average Bonchev–Trinajstić information content (AvgIpc) is 3.20. The fraction of sp³-hybridized carbons (Fsp3) is 0.576. The van der Waals surface area contributed by atoms with Crippen molar-refractivity contribution in [1.82, 2.24) is 0 Å². The van der Waals surface area contributed by atoms with E-state index in [1.165, 1.54) is 16.7 Å². The molecular weight excluding hydrogens is 555 g/mol. The van der Waals surface area contributed by atoms with Crippen LogP contribution in [-0.4, -0.2) is 37.0 Å². The molecule has 0 radical (unpaired) electrons. The molecule has 1 N–H and O–H groups in total. The van der Waals surface area contributed by atoms with Gasteiger partial charge in [-0.05, 0) is 126 Å². The van der Waals surface area contributed by atoms with E-state index in [-0.39, 0.29) is 25.3 Å². The van der Waals surface area contributed by atoms with Crippen molar-refractivity contribution in [1.29, 1.82) is 0 Å². The lowest BCUT2D eigenvalue weighted by Gasteiger charge is -2.22.